The third kappa shape index (κ3) is 2.77. The first kappa shape index (κ1) is 13.0. The zero-order chi connectivity index (χ0) is 13.9. The van der Waals surface area contributed by atoms with E-state index in [1.807, 2.05) is 6.20 Å². The van der Waals surface area contributed by atoms with Gasteiger partial charge in [0.1, 0.15) is 18.0 Å². The second-order valence-corrected chi connectivity index (χ2v) is 5.15. The molecule has 2 aromatic heterocycles. The molecule has 0 radical (unpaired) electrons. The van der Waals surface area contributed by atoms with Crippen LogP contribution >= 0.6 is 15.9 Å². The maximum Gasteiger partial charge on any atom is 0.137 e. The fourth-order valence-corrected chi connectivity index (χ4v) is 2.25. The summed E-state index contributed by atoms with van der Waals surface area (Å²) in [5.41, 5.74) is 0.714. The van der Waals surface area contributed by atoms with Crippen molar-refractivity contribution < 1.29 is 4.39 Å². The molecular formula is C13H11BrFN5. The van der Waals surface area contributed by atoms with Crippen molar-refractivity contribution in [3.63, 3.8) is 0 Å². The molecule has 0 bridgehead atoms. The standard InChI is InChI=1S/C13H11BrFN5/c14-9-6-19-20(7-9)4-3-16-13-11-5-10(15)1-2-12(11)17-8-18-13/h1-2,5-8H,3-4H2,(H,16,17,18). The Balaban J connectivity index is 1.75. The van der Waals surface area contributed by atoms with Gasteiger partial charge in [0.05, 0.1) is 22.7 Å². The molecule has 0 aliphatic carbocycles. The topological polar surface area (TPSA) is 55.6 Å². The molecule has 0 aliphatic rings. The lowest BCUT2D eigenvalue weighted by Crippen LogP contribution is -2.12. The number of halogens is 2. The maximum absolute atomic E-state index is 13.3. The van der Waals surface area contributed by atoms with Crippen LogP contribution in [0.4, 0.5) is 10.2 Å². The van der Waals surface area contributed by atoms with E-state index in [-0.39, 0.29) is 5.82 Å². The minimum absolute atomic E-state index is 0.300. The quantitative estimate of drug-likeness (QED) is 0.796. The summed E-state index contributed by atoms with van der Waals surface area (Å²) in [5.74, 6) is 0.326. The lowest BCUT2D eigenvalue weighted by Gasteiger charge is -2.08. The van der Waals surface area contributed by atoms with Gasteiger partial charge in [-0.2, -0.15) is 5.10 Å². The van der Waals surface area contributed by atoms with E-state index in [4.69, 9.17) is 0 Å². The van der Waals surface area contributed by atoms with E-state index in [0.717, 1.165) is 4.47 Å². The molecule has 7 heteroatoms. The summed E-state index contributed by atoms with van der Waals surface area (Å²) in [5, 5.41) is 8.01. The Labute approximate surface area is 123 Å². The number of fused-ring (bicyclic) bond motifs is 1. The van der Waals surface area contributed by atoms with E-state index in [1.165, 1.54) is 18.5 Å². The van der Waals surface area contributed by atoms with Crippen molar-refractivity contribution in [3.05, 3.63) is 47.2 Å². The van der Waals surface area contributed by atoms with Crippen LogP contribution in [0.1, 0.15) is 0 Å². The van der Waals surface area contributed by atoms with Gasteiger partial charge in [-0.3, -0.25) is 4.68 Å². The summed E-state index contributed by atoms with van der Waals surface area (Å²) in [7, 11) is 0. The van der Waals surface area contributed by atoms with E-state index in [0.29, 0.717) is 29.8 Å². The third-order valence-corrected chi connectivity index (χ3v) is 3.24. The summed E-state index contributed by atoms with van der Waals surface area (Å²) in [6.45, 7) is 1.32. The van der Waals surface area contributed by atoms with Crippen LogP contribution in [0.25, 0.3) is 10.9 Å². The summed E-state index contributed by atoms with van der Waals surface area (Å²) in [6.07, 6.45) is 5.09. The molecular weight excluding hydrogens is 325 g/mol. The highest BCUT2D eigenvalue weighted by Gasteiger charge is 2.04. The minimum atomic E-state index is -0.300. The van der Waals surface area contributed by atoms with Gasteiger partial charge in [-0.1, -0.05) is 0 Å². The van der Waals surface area contributed by atoms with Crippen LogP contribution < -0.4 is 5.32 Å². The normalized spacial score (nSPS) is 10.9. The Kier molecular flexibility index (Phi) is 3.60. The Hall–Kier alpha value is -2.02. The van der Waals surface area contributed by atoms with E-state index < -0.39 is 0 Å². The van der Waals surface area contributed by atoms with Crippen LogP contribution in [0.5, 0.6) is 0 Å². The molecule has 0 fully saturated rings. The molecule has 0 saturated carbocycles. The summed E-state index contributed by atoms with van der Waals surface area (Å²) < 4.78 is 16.0. The van der Waals surface area contributed by atoms with Crippen molar-refractivity contribution in [1.29, 1.82) is 0 Å². The lowest BCUT2D eigenvalue weighted by molar-refractivity contribution is 0.629. The van der Waals surface area contributed by atoms with Crippen molar-refractivity contribution in [2.24, 2.45) is 0 Å². The molecule has 5 nitrogen and oxygen atoms in total. The third-order valence-electron chi connectivity index (χ3n) is 2.83. The van der Waals surface area contributed by atoms with Gasteiger partial charge < -0.3 is 5.32 Å². The Morgan fingerprint density at radius 2 is 2.20 bits per heavy atom. The average Bonchev–Trinajstić information content (AvgIpc) is 2.85. The van der Waals surface area contributed by atoms with Crippen molar-refractivity contribution in [1.82, 2.24) is 19.7 Å². The molecule has 0 saturated heterocycles. The molecule has 0 amide bonds. The van der Waals surface area contributed by atoms with E-state index in [1.54, 1.807) is 16.9 Å². The fraction of sp³-hybridized carbons (Fsp3) is 0.154. The first-order valence-corrected chi connectivity index (χ1v) is 6.84. The predicted molar refractivity (Wildman–Crippen MR) is 77.9 cm³/mol. The summed E-state index contributed by atoms with van der Waals surface area (Å²) in [6, 6.07) is 4.46. The smallest absolute Gasteiger partial charge is 0.137 e. The van der Waals surface area contributed by atoms with Gasteiger partial charge in [-0.25, -0.2) is 14.4 Å². The molecule has 0 spiro atoms. The number of anilines is 1. The number of nitrogens with one attached hydrogen (secondary N) is 1. The highest BCUT2D eigenvalue weighted by atomic mass is 79.9. The summed E-state index contributed by atoms with van der Waals surface area (Å²) in [4.78, 5) is 8.27. The van der Waals surface area contributed by atoms with Crippen molar-refractivity contribution in [2.45, 2.75) is 6.54 Å². The van der Waals surface area contributed by atoms with Crippen LogP contribution in [-0.4, -0.2) is 26.3 Å². The first-order chi connectivity index (χ1) is 9.72. The van der Waals surface area contributed by atoms with Gasteiger partial charge in [-0.05, 0) is 34.1 Å². The Bertz CT molecular complexity index is 742. The van der Waals surface area contributed by atoms with Crippen molar-refractivity contribution >= 4 is 32.7 Å². The number of hydrogen-bond acceptors (Lipinski definition) is 4. The first-order valence-electron chi connectivity index (χ1n) is 6.04. The average molecular weight is 336 g/mol. The minimum Gasteiger partial charge on any atom is -0.368 e. The van der Waals surface area contributed by atoms with Crippen LogP contribution in [0.2, 0.25) is 0 Å². The van der Waals surface area contributed by atoms with Crippen LogP contribution in [-0.2, 0) is 6.54 Å². The van der Waals surface area contributed by atoms with E-state index in [9.17, 15) is 4.39 Å². The monoisotopic (exact) mass is 335 g/mol. The zero-order valence-corrected chi connectivity index (χ0v) is 12.0. The van der Waals surface area contributed by atoms with Gasteiger partial charge in [0.25, 0.3) is 0 Å². The number of aromatic nitrogens is 4. The highest BCUT2D eigenvalue weighted by Crippen LogP contribution is 2.19. The van der Waals surface area contributed by atoms with Gasteiger partial charge in [0.15, 0.2) is 0 Å². The number of hydrogen-bond donors (Lipinski definition) is 1. The molecule has 20 heavy (non-hydrogen) atoms. The molecule has 2 heterocycles. The molecule has 0 unspecified atom stereocenters. The van der Waals surface area contributed by atoms with E-state index >= 15 is 0 Å². The molecule has 3 rings (SSSR count). The second kappa shape index (κ2) is 5.54. The summed E-state index contributed by atoms with van der Waals surface area (Å²) >= 11 is 3.34. The van der Waals surface area contributed by atoms with Gasteiger partial charge >= 0.3 is 0 Å². The highest BCUT2D eigenvalue weighted by molar-refractivity contribution is 9.10. The van der Waals surface area contributed by atoms with Crippen molar-refractivity contribution in [2.75, 3.05) is 11.9 Å². The maximum atomic E-state index is 13.3. The Morgan fingerprint density at radius 1 is 1.30 bits per heavy atom. The predicted octanol–water partition coefficient (Wildman–Crippen LogP) is 2.84. The molecule has 1 aromatic carbocycles. The van der Waals surface area contributed by atoms with E-state index in [2.05, 4.69) is 36.3 Å². The molecule has 102 valence electrons. The molecule has 1 N–H and O–H groups in total. The lowest BCUT2D eigenvalue weighted by atomic mass is 10.2. The molecule has 3 aromatic rings. The van der Waals surface area contributed by atoms with Gasteiger partial charge in [-0.15, -0.1) is 0 Å². The number of rotatable bonds is 4. The van der Waals surface area contributed by atoms with Crippen molar-refractivity contribution in [3.8, 4) is 0 Å². The van der Waals surface area contributed by atoms with Crippen LogP contribution in [0.3, 0.4) is 0 Å². The number of benzene rings is 1. The van der Waals surface area contributed by atoms with Gasteiger partial charge in [0, 0.05) is 18.1 Å². The number of nitrogens with zero attached hydrogens (tertiary/aromatic N) is 4. The SMILES string of the molecule is Fc1ccc2ncnc(NCCn3cc(Br)cn3)c2c1. The van der Waals surface area contributed by atoms with Crippen LogP contribution in [0, 0.1) is 5.82 Å². The Morgan fingerprint density at radius 3 is 3.00 bits per heavy atom. The zero-order valence-electron chi connectivity index (χ0n) is 10.4. The van der Waals surface area contributed by atoms with Gasteiger partial charge in [0.2, 0.25) is 0 Å². The molecule has 0 aliphatic heterocycles. The largest absolute Gasteiger partial charge is 0.368 e. The second-order valence-electron chi connectivity index (χ2n) is 4.23. The molecule has 0 atom stereocenters. The van der Waals surface area contributed by atoms with Crippen LogP contribution in [0.15, 0.2) is 41.4 Å². The fourth-order valence-electron chi connectivity index (χ4n) is 1.92.